The minimum absolute atomic E-state index is 0.393. The molecule has 112 valence electrons. The minimum Gasteiger partial charge on any atom is -0.465 e. The van der Waals surface area contributed by atoms with Gasteiger partial charge in [-0.15, -0.1) is 0 Å². The molecule has 20 heavy (non-hydrogen) atoms. The van der Waals surface area contributed by atoms with E-state index < -0.39 is 5.97 Å². The van der Waals surface area contributed by atoms with Crippen LogP contribution in [0.1, 0.15) is 10.4 Å². The predicted octanol–water partition coefficient (Wildman–Crippen LogP) is 1.05. The van der Waals surface area contributed by atoms with Crippen LogP contribution in [0.25, 0.3) is 0 Å². The molecule has 0 spiro atoms. The number of nitrogens with one attached hydrogen (secondary N) is 1. The average molecular weight is 281 g/mol. The van der Waals surface area contributed by atoms with Gasteiger partial charge in [0.15, 0.2) is 0 Å². The molecule has 3 N–H and O–H groups in total. The third kappa shape index (κ3) is 5.46. The maximum Gasteiger partial charge on any atom is 0.337 e. The van der Waals surface area contributed by atoms with E-state index in [4.69, 9.17) is 10.5 Å². The van der Waals surface area contributed by atoms with Gasteiger partial charge in [-0.1, -0.05) is 0 Å². The first-order valence-corrected chi connectivity index (χ1v) is 6.48. The van der Waals surface area contributed by atoms with Gasteiger partial charge in [0.1, 0.15) is 0 Å². The molecular formula is C14H23N3O3. The van der Waals surface area contributed by atoms with Crippen LogP contribution in [-0.2, 0) is 9.47 Å². The van der Waals surface area contributed by atoms with Crippen molar-refractivity contribution in [2.45, 2.75) is 0 Å². The lowest BCUT2D eigenvalue weighted by atomic mass is 10.1. The summed E-state index contributed by atoms with van der Waals surface area (Å²) < 4.78 is 10.1. The molecule has 0 saturated carbocycles. The number of likely N-dealkylation sites (N-methyl/N-ethyl adjacent to an activating group) is 1. The summed E-state index contributed by atoms with van der Waals surface area (Å²) in [6, 6.07) is 5.04. The van der Waals surface area contributed by atoms with Crippen LogP contribution >= 0.6 is 0 Å². The van der Waals surface area contributed by atoms with Crippen molar-refractivity contribution >= 4 is 17.3 Å². The lowest BCUT2D eigenvalue weighted by Gasteiger charge is -2.12. The molecule has 0 aliphatic heterocycles. The monoisotopic (exact) mass is 281 g/mol. The molecule has 0 fully saturated rings. The maximum atomic E-state index is 11.3. The molecule has 0 unspecified atom stereocenters. The zero-order chi connectivity index (χ0) is 15.0. The van der Waals surface area contributed by atoms with E-state index in [0.717, 1.165) is 12.2 Å². The van der Waals surface area contributed by atoms with Gasteiger partial charge in [0, 0.05) is 13.1 Å². The summed E-state index contributed by atoms with van der Waals surface area (Å²) in [5.41, 5.74) is 7.62. The van der Waals surface area contributed by atoms with Crippen molar-refractivity contribution in [1.29, 1.82) is 0 Å². The highest BCUT2D eigenvalue weighted by molar-refractivity contribution is 5.91. The Bertz CT molecular complexity index is 436. The molecule has 0 aliphatic carbocycles. The van der Waals surface area contributed by atoms with E-state index in [1.165, 1.54) is 7.11 Å². The number of carbonyl (C=O) groups excluding carboxylic acids is 1. The fourth-order valence-corrected chi connectivity index (χ4v) is 1.58. The highest BCUT2D eigenvalue weighted by Gasteiger charge is 2.07. The van der Waals surface area contributed by atoms with E-state index >= 15 is 0 Å². The Kier molecular flexibility index (Phi) is 6.83. The molecule has 1 aromatic carbocycles. The number of nitrogen functional groups attached to an aromatic ring is 1. The highest BCUT2D eigenvalue weighted by atomic mass is 16.5. The minimum atomic E-state index is -0.393. The van der Waals surface area contributed by atoms with Crippen LogP contribution in [0.2, 0.25) is 0 Å². The maximum absolute atomic E-state index is 11.3. The molecule has 0 heterocycles. The van der Waals surface area contributed by atoms with Crippen LogP contribution in [0.5, 0.6) is 0 Å². The quantitative estimate of drug-likeness (QED) is 0.421. The molecule has 0 radical (unpaired) electrons. The SMILES string of the molecule is COC(=O)c1ccc(NCCOCCN(C)C)c(N)c1. The Morgan fingerprint density at radius 2 is 2.10 bits per heavy atom. The normalized spacial score (nSPS) is 10.6. The van der Waals surface area contributed by atoms with Crippen molar-refractivity contribution < 1.29 is 14.3 Å². The highest BCUT2D eigenvalue weighted by Crippen LogP contribution is 2.19. The standard InChI is InChI=1S/C14H23N3O3/c1-17(2)7-9-20-8-6-16-13-5-4-11(10-12(13)15)14(18)19-3/h4-5,10,16H,6-9,15H2,1-3H3. The lowest BCUT2D eigenvalue weighted by molar-refractivity contribution is 0.0601. The first-order chi connectivity index (χ1) is 9.54. The first kappa shape index (κ1) is 16.3. The van der Waals surface area contributed by atoms with Crippen molar-refractivity contribution in [3.8, 4) is 0 Å². The third-order valence-corrected chi connectivity index (χ3v) is 2.72. The summed E-state index contributed by atoms with van der Waals surface area (Å²) in [6.45, 7) is 2.86. The number of esters is 1. The van der Waals surface area contributed by atoms with Gasteiger partial charge in [-0.3, -0.25) is 0 Å². The van der Waals surface area contributed by atoms with Crippen molar-refractivity contribution in [1.82, 2.24) is 4.90 Å². The van der Waals surface area contributed by atoms with E-state index in [-0.39, 0.29) is 0 Å². The van der Waals surface area contributed by atoms with Gasteiger partial charge < -0.3 is 25.4 Å². The Hall–Kier alpha value is -1.79. The van der Waals surface area contributed by atoms with Gasteiger partial charge in [-0.05, 0) is 32.3 Å². The number of methoxy groups -OCH3 is 1. The Morgan fingerprint density at radius 1 is 1.35 bits per heavy atom. The lowest BCUT2D eigenvalue weighted by Crippen LogP contribution is -2.20. The zero-order valence-electron chi connectivity index (χ0n) is 12.3. The van der Waals surface area contributed by atoms with Crippen molar-refractivity contribution in [2.75, 3.05) is 58.6 Å². The number of hydrogen-bond donors (Lipinski definition) is 2. The summed E-state index contributed by atoms with van der Waals surface area (Å²) in [5, 5.41) is 3.17. The van der Waals surface area contributed by atoms with Crippen LogP contribution in [0.4, 0.5) is 11.4 Å². The van der Waals surface area contributed by atoms with Crippen LogP contribution in [0.15, 0.2) is 18.2 Å². The predicted molar refractivity (Wildman–Crippen MR) is 80.1 cm³/mol. The molecule has 1 rings (SSSR count). The number of nitrogens with two attached hydrogens (primary N) is 1. The largest absolute Gasteiger partial charge is 0.465 e. The summed E-state index contributed by atoms with van der Waals surface area (Å²) in [5.74, 6) is -0.393. The third-order valence-electron chi connectivity index (χ3n) is 2.72. The van der Waals surface area contributed by atoms with Crippen molar-refractivity contribution in [2.24, 2.45) is 0 Å². The molecule has 1 aromatic rings. The second-order valence-corrected chi connectivity index (χ2v) is 4.64. The topological polar surface area (TPSA) is 76.8 Å². The Balaban J connectivity index is 2.36. The number of hydrogen-bond acceptors (Lipinski definition) is 6. The second kappa shape index (κ2) is 8.39. The first-order valence-electron chi connectivity index (χ1n) is 6.48. The van der Waals surface area contributed by atoms with Gasteiger partial charge in [0.05, 0.1) is 37.3 Å². The van der Waals surface area contributed by atoms with Crippen LogP contribution < -0.4 is 11.1 Å². The summed E-state index contributed by atoms with van der Waals surface area (Å²) in [6.07, 6.45) is 0. The van der Waals surface area contributed by atoms with Gasteiger partial charge in [-0.25, -0.2) is 4.79 Å². The molecule has 0 saturated heterocycles. The molecule has 6 nitrogen and oxygen atoms in total. The fourth-order valence-electron chi connectivity index (χ4n) is 1.58. The van der Waals surface area contributed by atoms with E-state index in [9.17, 15) is 4.79 Å². The van der Waals surface area contributed by atoms with Crippen LogP contribution in [0, 0.1) is 0 Å². The van der Waals surface area contributed by atoms with Gasteiger partial charge in [0.25, 0.3) is 0 Å². The van der Waals surface area contributed by atoms with E-state index in [0.29, 0.717) is 31.0 Å². The number of benzene rings is 1. The summed E-state index contributed by atoms with van der Waals surface area (Å²) in [4.78, 5) is 13.4. The summed E-state index contributed by atoms with van der Waals surface area (Å²) >= 11 is 0. The van der Waals surface area contributed by atoms with Crippen LogP contribution in [-0.4, -0.2) is 58.4 Å². The van der Waals surface area contributed by atoms with Crippen LogP contribution in [0.3, 0.4) is 0 Å². The molecule has 0 amide bonds. The van der Waals surface area contributed by atoms with Gasteiger partial charge in [-0.2, -0.15) is 0 Å². The fraction of sp³-hybridized carbons (Fsp3) is 0.500. The van der Waals surface area contributed by atoms with Crippen molar-refractivity contribution in [3.63, 3.8) is 0 Å². The smallest absolute Gasteiger partial charge is 0.337 e. The average Bonchev–Trinajstić information content (AvgIpc) is 2.42. The van der Waals surface area contributed by atoms with Crippen molar-refractivity contribution in [3.05, 3.63) is 23.8 Å². The molecule has 0 aliphatic rings. The molecular weight excluding hydrogens is 258 g/mol. The van der Waals surface area contributed by atoms with Gasteiger partial charge >= 0.3 is 5.97 Å². The zero-order valence-corrected chi connectivity index (χ0v) is 12.3. The van der Waals surface area contributed by atoms with Gasteiger partial charge in [0.2, 0.25) is 0 Å². The molecule has 0 atom stereocenters. The number of ether oxygens (including phenoxy) is 2. The Morgan fingerprint density at radius 3 is 2.70 bits per heavy atom. The number of anilines is 2. The molecule has 6 heteroatoms. The summed E-state index contributed by atoms with van der Waals surface area (Å²) in [7, 11) is 5.35. The molecule has 0 aromatic heterocycles. The van der Waals surface area contributed by atoms with E-state index in [1.807, 2.05) is 14.1 Å². The number of nitrogens with zero attached hydrogens (tertiary/aromatic N) is 1. The molecule has 0 bridgehead atoms. The van der Waals surface area contributed by atoms with E-state index in [1.54, 1.807) is 18.2 Å². The van der Waals surface area contributed by atoms with E-state index in [2.05, 4.69) is 15.0 Å². The number of rotatable bonds is 8. The number of carbonyl (C=O) groups is 1. The Labute approximate surface area is 119 Å². The second-order valence-electron chi connectivity index (χ2n) is 4.64.